The minimum Gasteiger partial charge on any atom is -0.303 e. The largest absolute Gasteiger partial charge is 0.303 e. The second-order valence-electron chi connectivity index (χ2n) is 9.29. The van der Waals surface area contributed by atoms with Crippen LogP contribution in [0.1, 0.15) is 56.7 Å². The minimum absolute atomic E-state index is 0.00868. The van der Waals surface area contributed by atoms with Crippen LogP contribution in [0.15, 0.2) is 61.2 Å². The molecule has 4 atom stereocenters. The first-order valence-corrected chi connectivity index (χ1v) is 12.5. The van der Waals surface area contributed by atoms with E-state index in [-0.39, 0.29) is 18.0 Å². The Hall–Kier alpha value is -1.26. The van der Waals surface area contributed by atoms with Crippen molar-refractivity contribution < 1.29 is 4.79 Å². The average molecular weight is 493 g/mol. The van der Waals surface area contributed by atoms with Gasteiger partial charge in [-0.2, -0.15) is 12.6 Å². The van der Waals surface area contributed by atoms with Crippen molar-refractivity contribution in [3.05, 3.63) is 82.4 Å². The summed E-state index contributed by atoms with van der Waals surface area (Å²) in [6.45, 7) is 10.3. The average Bonchev–Trinajstić information content (AvgIpc) is 2.75. The van der Waals surface area contributed by atoms with Crippen LogP contribution in [0.2, 0.25) is 10.0 Å². The quantitative estimate of drug-likeness (QED) is 0.185. The van der Waals surface area contributed by atoms with Gasteiger partial charge in [-0.25, -0.2) is 0 Å². The molecule has 5 heteroatoms. The number of carbonyl (C=O) groups excluding carboxylic acids is 1. The molecule has 174 valence electrons. The van der Waals surface area contributed by atoms with Crippen LogP contribution in [-0.2, 0) is 4.79 Å². The van der Waals surface area contributed by atoms with Crippen molar-refractivity contribution in [1.82, 2.24) is 4.90 Å². The van der Waals surface area contributed by atoms with Gasteiger partial charge < -0.3 is 4.79 Å². The second-order valence-corrected chi connectivity index (χ2v) is 10.5. The number of allylic oxidation sites excluding steroid dienone is 1. The third-order valence-corrected chi connectivity index (χ3v) is 7.23. The Bertz CT molecular complexity index is 885. The van der Waals surface area contributed by atoms with E-state index in [2.05, 4.69) is 63.2 Å². The Kier molecular flexibility index (Phi) is 10.4. The zero-order chi connectivity index (χ0) is 23.9. The predicted molar refractivity (Wildman–Crippen MR) is 142 cm³/mol. The van der Waals surface area contributed by atoms with Gasteiger partial charge in [-0.05, 0) is 61.2 Å². The Morgan fingerprint density at radius 3 is 2.25 bits per heavy atom. The molecule has 0 heterocycles. The van der Waals surface area contributed by atoms with Crippen LogP contribution in [0, 0.1) is 11.3 Å². The van der Waals surface area contributed by atoms with Crippen molar-refractivity contribution in [2.24, 2.45) is 11.3 Å². The summed E-state index contributed by atoms with van der Waals surface area (Å²) < 4.78 is 0. The molecule has 0 aliphatic heterocycles. The standard InChI is InChI=1S/C27H35Cl2NOS/c1-6-14-27(4,18-31)16-24(21-8-7-9-23(29)15-21)26(20-10-12-22(28)13-11-20)30(5)25(17-32)19(2)3/h6-13,15,18-19,24-26,32H,1,14,16-17H2,2-5H3/t24-,25-,26-,27+/m1/s1. The van der Waals surface area contributed by atoms with Crippen LogP contribution in [0.3, 0.4) is 0 Å². The summed E-state index contributed by atoms with van der Waals surface area (Å²) in [5, 5.41) is 1.39. The number of aldehydes is 1. The van der Waals surface area contributed by atoms with Crippen molar-refractivity contribution in [3.63, 3.8) is 0 Å². The molecule has 0 aliphatic rings. The molecular weight excluding hydrogens is 457 g/mol. The monoisotopic (exact) mass is 491 g/mol. The van der Waals surface area contributed by atoms with E-state index in [9.17, 15) is 4.79 Å². The highest BCUT2D eigenvalue weighted by Crippen LogP contribution is 2.45. The number of likely N-dealkylation sites (N-methyl/N-ethyl adjacent to an activating group) is 1. The molecule has 0 N–H and O–H groups in total. The highest BCUT2D eigenvalue weighted by molar-refractivity contribution is 7.80. The number of hydrogen-bond acceptors (Lipinski definition) is 3. The molecule has 0 aromatic heterocycles. The lowest BCUT2D eigenvalue weighted by Crippen LogP contribution is -2.43. The van der Waals surface area contributed by atoms with Gasteiger partial charge in [0.15, 0.2) is 0 Å². The lowest BCUT2D eigenvalue weighted by molar-refractivity contribution is -0.116. The Balaban J connectivity index is 2.70. The molecule has 0 bridgehead atoms. The van der Waals surface area contributed by atoms with Crippen LogP contribution in [0.5, 0.6) is 0 Å². The molecule has 2 rings (SSSR count). The summed E-state index contributed by atoms with van der Waals surface area (Å²) in [5.41, 5.74) is 1.73. The number of halogens is 2. The Morgan fingerprint density at radius 2 is 1.75 bits per heavy atom. The first-order valence-electron chi connectivity index (χ1n) is 11.1. The molecule has 0 aliphatic carbocycles. The SMILES string of the molecule is C=CC[C@](C)(C=O)C[C@H](c1cccc(Cl)c1)[C@@H](c1ccc(Cl)cc1)N(C)[C@H](CS)C(C)C. The van der Waals surface area contributed by atoms with Gasteiger partial charge >= 0.3 is 0 Å². The number of nitrogens with zero attached hydrogens (tertiary/aromatic N) is 1. The molecule has 32 heavy (non-hydrogen) atoms. The summed E-state index contributed by atoms with van der Waals surface area (Å²) >= 11 is 17.3. The van der Waals surface area contributed by atoms with Gasteiger partial charge in [0.1, 0.15) is 6.29 Å². The van der Waals surface area contributed by atoms with Crippen LogP contribution in [-0.4, -0.2) is 30.0 Å². The van der Waals surface area contributed by atoms with Gasteiger partial charge in [-0.1, -0.05) is 74.3 Å². The van der Waals surface area contributed by atoms with E-state index in [1.165, 1.54) is 0 Å². The summed E-state index contributed by atoms with van der Waals surface area (Å²) in [4.78, 5) is 14.6. The van der Waals surface area contributed by atoms with Gasteiger partial charge in [0.2, 0.25) is 0 Å². The number of carbonyl (C=O) groups is 1. The number of hydrogen-bond donors (Lipinski definition) is 1. The summed E-state index contributed by atoms with van der Waals surface area (Å²) in [5.74, 6) is 1.17. The molecule has 0 unspecified atom stereocenters. The lowest BCUT2D eigenvalue weighted by Gasteiger charge is -2.43. The molecule has 0 saturated carbocycles. The van der Waals surface area contributed by atoms with Crippen molar-refractivity contribution in [2.75, 3.05) is 12.8 Å². The zero-order valence-electron chi connectivity index (χ0n) is 19.5. The van der Waals surface area contributed by atoms with E-state index >= 15 is 0 Å². The summed E-state index contributed by atoms with van der Waals surface area (Å²) in [6, 6.07) is 16.3. The third kappa shape index (κ3) is 6.87. The molecule has 0 fully saturated rings. The molecule has 0 radical (unpaired) electrons. The number of thiol groups is 1. The molecule has 0 amide bonds. The minimum atomic E-state index is -0.533. The number of rotatable bonds is 12. The van der Waals surface area contributed by atoms with Gasteiger partial charge in [-0.3, -0.25) is 4.90 Å². The normalized spacial score (nSPS) is 16.4. The third-order valence-electron chi connectivity index (χ3n) is 6.37. The fourth-order valence-electron chi connectivity index (χ4n) is 4.59. The molecular formula is C27H35Cl2NOS. The fraction of sp³-hybridized carbons (Fsp3) is 0.444. The Morgan fingerprint density at radius 1 is 1.09 bits per heavy atom. The highest BCUT2D eigenvalue weighted by atomic mass is 35.5. The maximum absolute atomic E-state index is 12.2. The smallest absolute Gasteiger partial charge is 0.126 e. The van der Waals surface area contributed by atoms with Crippen LogP contribution < -0.4 is 0 Å². The molecule has 0 spiro atoms. The van der Waals surface area contributed by atoms with Gasteiger partial charge in [0.05, 0.1) is 0 Å². The van der Waals surface area contributed by atoms with Crippen molar-refractivity contribution >= 4 is 42.1 Å². The number of benzene rings is 2. The summed E-state index contributed by atoms with van der Waals surface area (Å²) in [7, 11) is 2.16. The molecule has 2 nitrogen and oxygen atoms in total. The Labute approximate surface area is 209 Å². The van der Waals surface area contributed by atoms with E-state index in [1.807, 2.05) is 43.3 Å². The highest BCUT2D eigenvalue weighted by Gasteiger charge is 2.37. The first-order chi connectivity index (χ1) is 15.2. The lowest BCUT2D eigenvalue weighted by atomic mass is 9.72. The van der Waals surface area contributed by atoms with Crippen molar-refractivity contribution in [3.8, 4) is 0 Å². The first kappa shape index (κ1) is 27.0. The van der Waals surface area contributed by atoms with Gasteiger partial charge in [0, 0.05) is 39.2 Å². The van der Waals surface area contributed by atoms with E-state index in [0.29, 0.717) is 28.8 Å². The van der Waals surface area contributed by atoms with E-state index in [0.717, 1.165) is 23.2 Å². The second kappa shape index (κ2) is 12.3. The van der Waals surface area contributed by atoms with Gasteiger partial charge in [0.25, 0.3) is 0 Å². The topological polar surface area (TPSA) is 20.3 Å². The van der Waals surface area contributed by atoms with Crippen LogP contribution in [0.4, 0.5) is 0 Å². The molecule has 2 aromatic rings. The predicted octanol–water partition coefficient (Wildman–Crippen LogP) is 7.88. The van der Waals surface area contributed by atoms with Crippen LogP contribution in [0.25, 0.3) is 0 Å². The van der Waals surface area contributed by atoms with Crippen molar-refractivity contribution in [1.29, 1.82) is 0 Å². The molecule has 2 aromatic carbocycles. The molecule has 0 saturated heterocycles. The van der Waals surface area contributed by atoms with Gasteiger partial charge in [-0.15, -0.1) is 6.58 Å². The van der Waals surface area contributed by atoms with Crippen LogP contribution >= 0.6 is 35.8 Å². The van der Waals surface area contributed by atoms with Crippen molar-refractivity contribution in [2.45, 2.75) is 51.6 Å². The summed E-state index contributed by atoms with van der Waals surface area (Å²) in [6.07, 6.45) is 4.18. The maximum Gasteiger partial charge on any atom is 0.126 e. The van der Waals surface area contributed by atoms with E-state index in [1.54, 1.807) is 0 Å². The fourth-order valence-corrected chi connectivity index (χ4v) is 5.59. The van der Waals surface area contributed by atoms with E-state index < -0.39 is 5.41 Å². The zero-order valence-corrected chi connectivity index (χ0v) is 21.9. The van der Waals surface area contributed by atoms with E-state index in [4.69, 9.17) is 23.2 Å². The maximum atomic E-state index is 12.2.